The lowest BCUT2D eigenvalue weighted by Crippen LogP contribution is -2.45. The molecular formula is C15H30N2. The molecule has 1 N–H and O–H groups in total. The first-order chi connectivity index (χ1) is 8.28. The molecule has 1 aliphatic heterocycles. The predicted octanol–water partition coefficient (Wildman–Crippen LogP) is 2.89. The normalized spacial score (nSPS) is 24.2. The first-order valence-electron chi connectivity index (χ1n) is 7.71. The molecule has 0 bridgehead atoms. The fourth-order valence-corrected chi connectivity index (χ4v) is 3.27. The summed E-state index contributed by atoms with van der Waals surface area (Å²) in [5.74, 6) is 1.04. The molecule has 0 atom stereocenters. The molecule has 1 heterocycles. The van der Waals surface area contributed by atoms with Gasteiger partial charge in [0.05, 0.1) is 0 Å². The number of nitrogens with zero attached hydrogens (tertiary/aromatic N) is 1. The van der Waals surface area contributed by atoms with E-state index in [2.05, 4.69) is 24.1 Å². The zero-order chi connectivity index (χ0) is 12.1. The van der Waals surface area contributed by atoms with Gasteiger partial charge in [-0.1, -0.05) is 13.8 Å². The molecule has 0 radical (unpaired) electrons. The van der Waals surface area contributed by atoms with Gasteiger partial charge in [0.25, 0.3) is 0 Å². The van der Waals surface area contributed by atoms with Gasteiger partial charge in [-0.15, -0.1) is 0 Å². The Balaban J connectivity index is 1.87. The van der Waals surface area contributed by atoms with Crippen LogP contribution in [0.1, 0.15) is 52.4 Å². The maximum atomic E-state index is 3.51. The molecule has 1 saturated carbocycles. The van der Waals surface area contributed by atoms with Crippen LogP contribution >= 0.6 is 0 Å². The van der Waals surface area contributed by atoms with Gasteiger partial charge in [0, 0.05) is 13.1 Å². The summed E-state index contributed by atoms with van der Waals surface area (Å²) in [6, 6.07) is 0. The molecule has 0 spiro atoms. The van der Waals surface area contributed by atoms with Gasteiger partial charge in [0.15, 0.2) is 0 Å². The van der Waals surface area contributed by atoms with Crippen LogP contribution < -0.4 is 5.32 Å². The van der Waals surface area contributed by atoms with E-state index in [9.17, 15) is 0 Å². The van der Waals surface area contributed by atoms with Crippen molar-refractivity contribution in [1.29, 1.82) is 0 Å². The summed E-state index contributed by atoms with van der Waals surface area (Å²) >= 11 is 0. The SMILES string of the molecule is CCCN(CC1CC1)CC1(CC)CCNCC1. The second-order valence-electron chi connectivity index (χ2n) is 6.28. The zero-order valence-electron chi connectivity index (χ0n) is 11.8. The summed E-state index contributed by atoms with van der Waals surface area (Å²) in [6.07, 6.45) is 8.41. The molecule has 0 unspecified atom stereocenters. The summed E-state index contributed by atoms with van der Waals surface area (Å²) in [4.78, 5) is 2.77. The quantitative estimate of drug-likeness (QED) is 0.733. The highest BCUT2D eigenvalue weighted by Crippen LogP contribution is 2.36. The van der Waals surface area contributed by atoms with Crippen molar-refractivity contribution in [2.75, 3.05) is 32.7 Å². The van der Waals surface area contributed by atoms with Crippen molar-refractivity contribution < 1.29 is 0 Å². The molecule has 0 aromatic rings. The Kier molecular flexibility index (Phi) is 4.87. The van der Waals surface area contributed by atoms with Crippen LogP contribution in [-0.4, -0.2) is 37.6 Å². The van der Waals surface area contributed by atoms with Gasteiger partial charge in [-0.3, -0.25) is 0 Å². The maximum Gasteiger partial charge on any atom is 0.00389 e. The molecule has 1 saturated heterocycles. The topological polar surface area (TPSA) is 15.3 Å². The third-order valence-electron chi connectivity index (χ3n) is 4.73. The standard InChI is InChI=1S/C15H30N2/c1-3-11-17(12-14-5-6-14)13-15(4-2)7-9-16-10-8-15/h14,16H,3-13H2,1-2H3. The van der Waals surface area contributed by atoms with Crippen molar-refractivity contribution in [3.05, 3.63) is 0 Å². The van der Waals surface area contributed by atoms with Crippen LogP contribution in [0, 0.1) is 11.3 Å². The van der Waals surface area contributed by atoms with E-state index in [-0.39, 0.29) is 0 Å². The Morgan fingerprint density at radius 3 is 2.41 bits per heavy atom. The Morgan fingerprint density at radius 2 is 1.88 bits per heavy atom. The lowest BCUT2D eigenvalue weighted by Gasteiger charge is -2.41. The average Bonchev–Trinajstić information content (AvgIpc) is 3.14. The van der Waals surface area contributed by atoms with Crippen LogP contribution in [-0.2, 0) is 0 Å². The van der Waals surface area contributed by atoms with E-state index in [1.54, 1.807) is 0 Å². The third-order valence-corrected chi connectivity index (χ3v) is 4.73. The summed E-state index contributed by atoms with van der Waals surface area (Å²) in [5, 5.41) is 3.51. The van der Waals surface area contributed by atoms with E-state index >= 15 is 0 Å². The van der Waals surface area contributed by atoms with Crippen LogP contribution in [0.2, 0.25) is 0 Å². The molecule has 2 rings (SSSR count). The summed E-state index contributed by atoms with van der Waals surface area (Å²) in [5.41, 5.74) is 0.620. The van der Waals surface area contributed by atoms with Crippen molar-refractivity contribution in [2.45, 2.75) is 52.4 Å². The number of nitrogens with one attached hydrogen (secondary N) is 1. The largest absolute Gasteiger partial charge is 0.317 e. The van der Waals surface area contributed by atoms with Crippen LogP contribution in [0.4, 0.5) is 0 Å². The van der Waals surface area contributed by atoms with Crippen LogP contribution in [0.5, 0.6) is 0 Å². The fourth-order valence-electron chi connectivity index (χ4n) is 3.27. The molecule has 1 aliphatic carbocycles. The van der Waals surface area contributed by atoms with E-state index in [1.807, 2.05) is 0 Å². The van der Waals surface area contributed by atoms with Crippen LogP contribution in [0.25, 0.3) is 0 Å². The minimum atomic E-state index is 0.620. The van der Waals surface area contributed by atoms with Crippen molar-refractivity contribution in [1.82, 2.24) is 10.2 Å². The van der Waals surface area contributed by atoms with E-state index in [4.69, 9.17) is 0 Å². The highest BCUT2D eigenvalue weighted by atomic mass is 15.1. The number of hydrogen-bond acceptors (Lipinski definition) is 2. The molecule has 2 aliphatic rings. The van der Waals surface area contributed by atoms with Crippen LogP contribution in [0.15, 0.2) is 0 Å². The van der Waals surface area contributed by atoms with Crippen molar-refractivity contribution in [2.24, 2.45) is 11.3 Å². The molecule has 2 fully saturated rings. The summed E-state index contributed by atoms with van der Waals surface area (Å²) < 4.78 is 0. The minimum Gasteiger partial charge on any atom is -0.317 e. The molecule has 0 aromatic carbocycles. The van der Waals surface area contributed by atoms with E-state index in [0.29, 0.717) is 5.41 Å². The highest BCUT2D eigenvalue weighted by Gasteiger charge is 2.33. The molecular weight excluding hydrogens is 208 g/mol. The Morgan fingerprint density at radius 1 is 1.18 bits per heavy atom. The number of rotatable bonds is 7. The Bertz CT molecular complexity index is 217. The monoisotopic (exact) mass is 238 g/mol. The molecule has 0 amide bonds. The molecule has 100 valence electrons. The number of hydrogen-bond donors (Lipinski definition) is 1. The lowest BCUT2D eigenvalue weighted by atomic mass is 9.76. The van der Waals surface area contributed by atoms with Gasteiger partial charge >= 0.3 is 0 Å². The third kappa shape index (κ3) is 3.96. The first kappa shape index (κ1) is 13.4. The van der Waals surface area contributed by atoms with Gasteiger partial charge in [0.1, 0.15) is 0 Å². The Hall–Kier alpha value is -0.0800. The van der Waals surface area contributed by atoms with E-state index < -0.39 is 0 Å². The first-order valence-corrected chi connectivity index (χ1v) is 7.71. The average molecular weight is 238 g/mol. The van der Waals surface area contributed by atoms with E-state index in [1.165, 1.54) is 71.2 Å². The second kappa shape index (κ2) is 6.19. The molecule has 2 heteroatoms. The van der Waals surface area contributed by atoms with Gasteiger partial charge in [-0.2, -0.15) is 0 Å². The summed E-state index contributed by atoms with van der Waals surface area (Å²) in [6.45, 7) is 11.2. The van der Waals surface area contributed by atoms with Gasteiger partial charge in [-0.05, 0) is 69.5 Å². The number of piperidine rings is 1. The van der Waals surface area contributed by atoms with Gasteiger partial charge < -0.3 is 10.2 Å². The van der Waals surface area contributed by atoms with Gasteiger partial charge in [0.2, 0.25) is 0 Å². The minimum absolute atomic E-state index is 0.620. The molecule has 17 heavy (non-hydrogen) atoms. The van der Waals surface area contributed by atoms with Crippen molar-refractivity contribution in [3.63, 3.8) is 0 Å². The second-order valence-corrected chi connectivity index (χ2v) is 6.28. The maximum absolute atomic E-state index is 3.51. The van der Waals surface area contributed by atoms with Crippen molar-refractivity contribution in [3.8, 4) is 0 Å². The van der Waals surface area contributed by atoms with E-state index in [0.717, 1.165) is 5.92 Å². The summed E-state index contributed by atoms with van der Waals surface area (Å²) in [7, 11) is 0. The zero-order valence-corrected chi connectivity index (χ0v) is 11.8. The lowest BCUT2D eigenvalue weighted by molar-refractivity contribution is 0.103. The molecule has 2 nitrogen and oxygen atoms in total. The fraction of sp³-hybridized carbons (Fsp3) is 1.00. The Labute approximate surface area is 107 Å². The smallest absolute Gasteiger partial charge is 0.00389 e. The highest BCUT2D eigenvalue weighted by molar-refractivity contribution is 4.88. The van der Waals surface area contributed by atoms with Gasteiger partial charge in [-0.25, -0.2) is 0 Å². The van der Waals surface area contributed by atoms with Crippen LogP contribution in [0.3, 0.4) is 0 Å². The van der Waals surface area contributed by atoms with Crippen molar-refractivity contribution >= 4 is 0 Å². The predicted molar refractivity (Wildman–Crippen MR) is 74.3 cm³/mol. The molecule has 0 aromatic heterocycles.